The first-order valence-corrected chi connectivity index (χ1v) is 7.29. The molecule has 2 aliphatic heterocycles. The Kier molecular flexibility index (Phi) is 4.87. The summed E-state index contributed by atoms with van der Waals surface area (Å²) in [6.45, 7) is 4.34. The third kappa shape index (κ3) is 3.77. The molecule has 0 radical (unpaired) electrons. The predicted octanol–water partition coefficient (Wildman–Crippen LogP) is -0.0937. The second kappa shape index (κ2) is 6.64. The fourth-order valence-corrected chi connectivity index (χ4v) is 2.63. The van der Waals surface area contributed by atoms with E-state index in [1.807, 2.05) is 0 Å². The van der Waals surface area contributed by atoms with Crippen LogP contribution in [0.3, 0.4) is 0 Å². The number of aliphatic carboxylic acids is 1. The van der Waals surface area contributed by atoms with Gasteiger partial charge in [-0.25, -0.2) is 9.59 Å². The highest BCUT2D eigenvalue weighted by Crippen LogP contribution is 2.14. The summed E-state index contributed by atoms with van der Waals surface area (Å²) in [7, 11) is 0. The van der Waals surface area contributed by atoms with Gasteiger partial charge in [-0.05, 0) is 12.8 Å². The van der Waals surface area contributed by atoms with Crippen molar-refractivity contribution in [3.63, 3.8) is 0 Å². The van der Waals surface area contributed by atoms with Crippen LogP contribution in [0.4, 0.5) is 9.59 Å². The van der Waals surface area contributed by atoms with Gasteiger partial charge in [0.1, 0.15) is 0 Å². The molecule has 118 valence electrons. The van der Waals surface area contributed by atoms with Crippen LogP contribution < -0.4 is 10.6 Å². The van der Waals surface area contributed by atoms with E-state index in [1.54, 1.807) is 16.7 Å². The number of urea groups is 2. The third-order valence-electron chi connectivity index (χ3n) is 4.03. The summed E-state index contributed by atoms with van der Waals surface area (Å²) in [4.78, 5) is 37.6. The molecule has 2 saturated heterocycles. The smallest absolute Gasteiger partial charge is 0.317 e. The SMILES string of the molecule is CC(CCCNC(=O)N1CCN2C(=O)NCC2C1)C(=O)O. The summed E-state index contributed by atoms with van der Waals surface area (Å²) in [6.07, 6.45) is 1.19. The quantitative estimate of drug-likeness (QED) is 0.617. The minimum atomic E-state index is -0.809. The van der Waals surface area contributed by atoms with Gasteiger partial charge in [-0.2, -0.15) is 0 Å². The summed E-state index contributed by atoms with van der Waals surface area (Å²) in [6, 6.07) is -0.135. The van der Waals surface area contributed by atoms with Crippen LogP contribution >= 0.6 is 0 Å². The van der Waals surface area contributed by atoms with Crippen LogP contribution in [0.5, 0.6) is 0 Å². The van der Waals surface area contributed by atoms with Crippen LogP contribution in [-0.2, 0) is 4.79 Å². The molecule has 21 heavy (non-hydrogen) atoms. The van der Waals surface area contributed by atoms with Crippen LogP contribution in [0.15, 0.2) is 0 Å². The van der Waals surface area contributed by atoms with Gasteiger partial charge in [0.2, 0.25) is 0 Å². The monoisotopic (exact) mass is 298 g/mol. The number of carbonyl (C=O) groups excluding carboxylic acids is 2. The first kappa shape index (κ1) is 15.4. The molecule has 4 amide bonds. The molecule has 0 spiro atoms. The van der Waals surface area contributed by atoms with Crippen molar-refractivity contribution in [2.45, 2.75) is 25.8 Å². The standard InChI is InChI=1S/C13H22N4O4/c1-9(11(18)19)3-2-4-14-12(20)16-5-6-17-10(8-16)7-15-13(17)21/h9-10H,2-8H2,1H3,(H,14,20)(H,15,21)(H,18,19). The van der Waals surface area contributed by atoms with Crippen molar-refractivity contribution in [3.05, 3.63) is 0 Å². The molecule has 3 N–H and O–H groups in total. The lowest BCUT2D eigenvalue weighted by Crippen LogP contribution is -2.56. The van der Waals surface area contributed by atoms with Crippen molar-refractivity contribution >= 4 is 18.0 Å². The van der Waals surface area contributed by atoms with E-state index in [1.165, 1.54) is 0 Å². The van der Waals surface area contributed by atoms with Gasteiger partial charge in [-0.3, -0.25) is 4.79 Å². The van der Waals surface area contributed by atoms with Gasteiger partial charge in [-0.15, -0.1) is 0 Å². The first-order valence-electron chi connectivity index (χ1n) is 7.29. The molecule has 2 fully saturated rings. The van der Waals surface area contributed by atoms with Crippen molar-refractivity contribution in [1.82, 2.24) is 20.4 Å². The summed E-state index contributed by atoms with van der Waals surface area (Å²) in [5.74, 6) is -1.20. The minimum absolute atomic E-state index is 0.0530. The minimum Gasteiger partial charge on any atom is -0.481 e. The normalized spacial score (nSPS) is 22.5. The Hall–Kier alpha value is -1.99. The number of amides is 4. The largest absolute Gasteiger partial charge is 0.481 e. The molecule has 2 heterocycles. The number of carboxylic acid groups (broad SMARTS) is 1. The summed E-state index contributed by atoms with van der Waals surface area (Å²) in [5.41, 5.74) is 0. The fraction of sp³-hybridized carbons (Fsp3) is 0.769. The molecule has 2 atom stereocenters. The zero-order valence-electron chi connectivity index (χ0n) is 12.2. The first-order chi connectivity index (χ1) is 9.99. The number of hydrogen-bond donors (Lipinski definition) is 3. The molecule has 8 heteroatoms. The maximum absolute atomic E-state index is 12.0. The molecular weight excluding hydrogens is 276 g/mol. The number of nitrogens with zero attached hydrogens (tertiary/aromatic N) is 2. The number of nitrogens with one attached hydrogen (secondary N) is 2. The Labute approximate surface area is 123 Å². The summed E-state index contributed by atoms with van der Waals surface area (Å²) < 4.78 is 0. The average molecular weight is 298 g/mol. The average Bonchev–Trinajstić information content (AvgIpc) is 2.84. The van der Waals surface area contributed by atoms with Crippen molar-refractivity contribution < 1.29 is 19.5 Å². The Balaban J connectivity index is 1.67. The maximum Gasteiger partial charge on any atom is 0.317 e. The molecule has 0 aromatic rings. The Morgan fingerprint density at radius 2 is 2.24 bits per heavy atom. The molecular formula is C13H22N4O4. The highest BCUT2D eigenvalue weighted by atomic mass is 16.4. The number of hydrogen-bond acceptors (Lipinski definition) is 3. The number of fused-ring (bicyclic) bond motifs is 1. The Bertz CT molecular complexity index is 428. The molecule has 2 aliphatic rings. The van der Waals surface area contributed by atoms with Crippen LogP contribution in [-0.4, -0.2) is 71.7 Å². The molecule has 0 bridgehead atoms. The second-order valence-corrected chi connectivity index (χ2v) is 5.59. The molecule has 0 aromatic carbocycles. The van der Waals surface area contributed by atoms with E-state index in [4.69, 9.17) is 5.11 Å². The molecule has 0 aliphatic carbocycles. The van der Waals surface area contributed by atoms with Gasteiger partial charge >= 0.3 is 18.0 Å². The van der Waals surface area contributed by atoms with Crippen molar-refractivity contribution in [3.8, 4) is 0 Å². The fourth-order valence-electron chi connectivity index (χ4n) is 2.63. The lowest BCUT2D eigenvalue weighted by atomic mass is 10.1. The predicted molar refractivity (Wildman–Crippen MR) is 74.9 cm³/mol. The van der Waals surface area contributed by atoms with Gasteiger partial charge in [0.25, 0.3) is 0 Å². The van der Waals surface area contributed by atoms with Gasteiger partial charge < -0.3 is 25.5 Å². The van der Waals surface area contributed by atoms with E-state index >= 15 is 0 Å². The molecule has 8 nitrogen and oxygen atoms in total. The Morgan fingerprint density at radius 1 is 1.48 bits per heavy atom. The van der Waals surface area contributed by atoms with Crippen molar-refractivity contribution in [1.29, 1.82) is 0 Å². The van der Waals surface area contributed by atoms with Crippen LogP contribution in [0, 0.1) is 5.92 Å². The summed E-state index contributed by atoms with van der Waals surface area (Å²) >= 11 is 0. The topological polar surface area (TPSA) is 102 Å². The van der Waals surface area contributed by atoms with Gasteiger partial charge in [-0.1, -0.05) is 6.92 Å². The van der Waals surface area contributed by atoms with Crippen LogP contribution in [0.2, 0.25) is 0 Å². The maximum atomic E-state index is 12.0. The lowest BCUT2D eigenvalue weighted by molar-refractivity contribution is -0.141. The van der Waals surface area contributed by atoms with Crippen molar-refractivity contribution in [2.24, 2.45) is 5.92 Å². The van der Waals surface area contributed by atoms with Gasteiger partial charge in [0.15, 0.2) is 0 Å². The highest BCUT2D eigenvalue weighted by Gasteiger charge is 2.36. The third-order valence-corrected chi connectivity index (χ3v) is 4.03. The zero-order valence-corrected chi connectivity index (χ0v) is 12.2. The second-order valence-electron chi connectivity index (χ2n) is 5.59. The Morgan fingerprint density at radius 3 is 2.95 bits per heavy atom. The molecule has 2 rings (SSSR count). The number of piperazine rings is 1. The van der Waals surface area contributed by atoms with Crippen molar-refractivity contribution in [2.75, 3.05) is 32.7 Å². The molecule has 0 aromatic heterocycles. The number of rotatable bonds is 5. The van der Waals surface area contributed by atoms with E-state index in [9.17, 15) is 14.4 Å². The number of carboxylic acids is 1. The molecule has 0 saturated carbocycles. The van der Waals surface area contributed by atoms with Gasteiger partial charge in [0.05, 0.1) is 12.0 Å². The lowest BCUT2D eigenvalue weighted by Gasteiger charge is -2.36. The van der Waals surface area contributed by atoms with E-state index in [0.717, 1.165) is 0 Å². The van der Waals surface area contributed by atoms with Crippen LogP contribution in [0.25, 0.3) is 0 Å². The van der Waals surface area contributed by atoms with Crippen LogP contribution in [0.1, 0.15) is 19.8 Å². The van der Waals surface area contributed by atoms with E-state index in [-0.39, 0.29) is 24.0 Å². The van der Waals surface area contributed by atoms with E-state index in [2.05, 4.69) is 10.6 Å². The zero-order chi connectivity index (χ0) is 15.4. The van der Waals surface area contributed by atoms with Gasteiger partial charge in [0, 0.05) is 32.7 Å². The van der Waals surface area contributed by atoms with E-state index in [0.29, 0.717) is 45.6 Å². The molecule has 2 unspecified atom stereocenters. The number of carbonyl (C=O) groups is 3. The van der Waals surface area contributed by atoms with E-state index < -0.39 is 5.97 Å². The highest BCUT2D eigenvalue weighted by molar-refractivity contribution is 5.78. The summed E-state index contributed by atoms with van der Waals surface area (Å²) in [5, 5.41) is 14.3.